The molecule has 1 aromatic carbocycles. The summed E-state index contributed by atoms with van der Waals surface area (Å²) >= 11 is 1.47. The molecule has 2 heterocycles. The second-order valence-electron chi connectivity index (χ2n) is 4.73. The van der Waals surface area contributed by atoms with Crippen molar-refractivity contribution in [3.05, 3.63) is 54.5 Å². The molecule has 0 saturated carbocycles. The minimum atomic E-state index is -0.280. The standard InChI is InChI=1S/C16H13FN4O2S/c17-11-4-6-12(7-5-11)24-10-8-14(22)19-16-21-20-15(23-16)13-3-1-2-9-18-13/h1-7,9H,8,10H2,(H,19,21,22). The van der Waals surface area contributed by atoms with E-state index in [9.17, 15) is 9.18 Å². The largest absolute Gasteiger partial charge is 0.401 e. The predicted octanol–water partition coefficient (Wildman–Crippen LogP) is 3.39. The van der Waals surface area contributed by atoms with Gasteiger partial charge >= 0.3 is 6.01 Å². The highest BCUT2D eigenvalue weighted by Crippen LogP contribution is 2.20. The number of amides is 1. The molecule has 3 rings (SSSR count). The fourth-order valence-electron chi connectivity index (χ4n) is 1.84. The molecule has 0 aliphatic carbocycles. The van der Waals surface area contributed by atoms with Crippen molar-refractivity contribution in [3.63, 3.8) is 0 Å². The number of nitrogens with one attached hydrogen (secondary N) is 1. The number of halogens is 1. The average molecular weight is 344 g/mol. The van der Waals surface area contributed by atoms with Crippen LogP contribution in [-0.4, -0.2) is 26.8 Å². The van der Waals surface area contributed by atoms with Crippen LogP contribution in [0, 0.1) is 5.82 Å². The Bertz CT molecular complexity index is 808. The molecule has 0 aliphatic heterocycles. The van der Waals surface area contributed by atoms with E-state index < -0.39 is 0 Å². The highest BCUT2D eigenvalue weighted by molar-refractivity contribution is 7.99. The Morgan fingerprint density at radius 1 is 1.17 bits per heavy atom. The molecular formula is C16H13FN4O2S. The van der Waals surface area contributed by atoms with Gasteiger partial charge in [0.1, 0.15) is 11.5 Å². The van der Waals surface area contributed by atoms with Crippen molar-refractivity contribution in [2.75, 3.05) is 11.1 Å². The van der Waals surface area contributed by atoms with Crippen LogP contribution in [0.3, 0.4) is 0 Å². The molecular weight excluding hydrogens is 331 g/mol. The second kappa shape index (κ2) is 7.69. The lowest BCUT2D eigenvalue weighted by Gasteiger charge is -2.01. The lowest BCUT2D eigenvalue weighted by atomic mass is 10.3. The molecule has 6 nitrogen and oxygen atoms in total. The van der Waals surface area contributed by atoms with E-state index >= 15 is 0 Å². The Labute approximate surface area is 141 Å². The average Bonchev–Trinajstić information content (AvgIpc) is 3.06. The van der Waals surface area contributed by atoms with Gasteiger partial charge in [-0.25, -0.2) is 4.39 Å². The van der Waals surface area contributed by atoms with Crippen LogP contribution in [0.5, 0.6) is 0 Å². The first-order chi connectivity index (χ1) is 11.7. The topological polar surface area (TPSA) is 80.9 Å². The summed E-state index contributed by atoms with van der Waals surface area (Å²) in [6.07, 6.45) is 1.88. The third-order valence-corrected chi connectivity index (χ3v) is 3.98. The van der Waals surface area contributed by atoms with Gasteiger partial charge in [0.25, 0.3) is 5.89 Å². The third kappa shape index (κ3) is 4.39. The van der Waals surface area contributed by atoms with E-state index in [-0.39, 0.29) is 30.1 Å². The van der Waals surface area contributed by atoms with Gasteiger partial charge in [0.15, 0.2) is 0 Å². The molecule has 1 N–H and O–H groups in total. The van der Waals surface area contributed by atoms with E-state index in [0.29, 0.717) is 11.4 Å². The van der Waals surface area contributed by atoms with Crippen molar-refractivity contribution in [3.8, 4) is 11.6 Å². The minimum absolute atomic E-state index is 0.0347. The molecule has 0 saturated heterocycles. The molecule has 2 aromatic heterocycles. The Hall–Kier alpha value is -2.74. The number of aromatic nitrogens is 3. The Balaban J connectivity index is 1.48. The van der Waals surface area contributed by atoms with E-state index in [1.807, 2.05) is 0 Å². The van der Waals surface area contributed by atoms with Crippen LogP contribution in [0.2, 0.25) is 0 Å². The molecule has 0 unspecified atom stereocenters. The highest BCUT2D eigenvalue weighted by atomic mass is 32.2. The summed E-state index contributed by atoms with van der Waals surface area (Å²) in [7, 11) is 0. The summed E-state index contributed by atoms with van der Waals surface area (Å²) in [6.45, 7) is 0. The first-order valence-corrected chi connectivity index (χ1v) is 8.12. The van der Waals surface area contributed by atoms with Gasteiger partial charge in [-0.05, 0) is 36.4 Å². The van der Waals surface area contributed by atoms with Gasteiger partial charge in [-0.2, -0.15) is 0 Å². The maximum Gasteiger partial charge on any atom is 0.322 e. The van der Waals surface area contributed by atoms with E-state index in [0.717, 1.165) is 4.90 Å². The Morgan fingerprint density at radius 3 is 2.75 bits per heavy atom. The third-order valence-electron chi connectivity index (χ3n) is 2.97. The van der Waals surface area contributed by atoms with Gasteiger partial charge in [0.2, 0.25) is 5.91 Å². The smallest absolute Gasteiger partial charge is 0.322 e. The van der Waals surface area contributed by atoms with Crippen molar-refractivity contribution in [1.82, 2.24) is 15.2 Å². The van der Waals surface area contributed by atoms with Crippen LogP contribution in [0.25, 0.3) is 11.6 Å². The number of rotatable bonds is 6. The summed E-state index contributed by atoms with van der Waals surface area (Å²) in [5.41, 5.74) is 0.539. The number of nitrogens with zero attached hydrogens (tertiary/aromatic N) is 3. The van der Waals surface area contributed by atoms with Crippen LogP contribution >= 0.6 is 11.8 Å². The molecule has 0 spiro atoms. The SMILES string of the molecule is O=C(CCSc1ccc(F)cc1)Nc1nnc(-c2ccccn2)o1. The Kier molecular flexibility index (Phi) is 5.17. The highest BCUT2D eigenvalue weighted by Gasteiger charge is 2.11. The lowest BCUT2D eigenvalue weighted by Crippen LogP contribution is -2.12. The van der Waals surface area contributed by atoms with E-state index in [1.165, 1.54) is 23.9 Å². The lowest BCUT2D eigenvalue weighted by molar-refractivity contribution is -0.115. The molecule has 0 atom stereocenters. The van der Waals surface area contributed by atoms with Crippen LogP contribution in [0.1, 0.15) is 6.42 Å². The van der Waals surface area contributed by atoms with Gasteiger partial charge in [-0.15, -0.1) is 16.9 Å². The number of carbonyl (C=O) groups excluding carboxylic acids is 1. The first kappa shape index (κ1) is 16.1. The van der Waals surface area contributed by atoms with Gasteiger partial charge in [-0.3, -0.25) is 15.1 Å². The number of hydrogen-bond acceptors (Lipinski definition) is 6. The predicted molar refractivity (Wildman–Crippen MR) is 87.9 cm³/mol. The normalized spacial score (nSPS) is 10.5. The summed E-state index contributed by atoms with van der Waals surface area (Å²) in [5, 5.41) is 10.2. The van der Waals surface area contributed by atoms with Crippen molar-refractivity contribution >= 4 is 23.7 Å². The van der Waals surface area contributed by atoms with Gasteiger partial charge in [0.05, 0.1) is 0 Å². The van der Waals surface area contributed by atoms with E-state index in [1.54, 1.807) is 36.5 Å². The van der Waals surface area contributed by atoms with Crippen LogP contribution in [-0.2, 0) is 4.79 Å². The summed E-state index contributed by atoms with van der Waals surface area (Å²) < 4.78 is 18.2. The number of hydrogen-bond donors (Lipinski definition) is 1. The van der Waals surface area contributed by atoms with Crippen LogP contribution in [0.15, 0.2) is 58.0 Å². The second-order valence-corrected chi connectivity index (χ2v) is 5.90. The van der Waals surface area contributed by atoms with Crippen molar-refractivity contribution < 1.29 is 13.6 Å². The van der Waals surface area contributed by atoms with Crippen LogP contribution in [0.4, 0.5) is 10.4 Å². The summed E-state index contributed by atoms with van der Waals surface area (Å²) in [5.74, 6) is 0.281. The number of thioether (sulfide) groups is 1. The maximum atomic E-state index is 12.8. The van der Waals surface area contributed by atoms with Crippen molar-refractivity contribution in [1.29, 1.82) is 0 Å². The zero-order valence-corrected chi connectivity index (χ0v) is 13.3. The van der Waals surface area contributed by atoms with Crippen LogP contribution < -0.4 is 5.32 Å². The van der Waals surface area contributed by atoms with Gasteiger partial charge in [0, 0.05) is 23.3 Å². The molecule has 1 amide bonds. The monoisotopic (exact) mass is 344 g/mol. The summed E-state index contributed by atoms with van der Waals surface area (Å²) in [4.78, 5) is 16.9. The number of anilines is 1. The number of benzene rings is 1. The minimum Gasteiger partial charge on any atom is -0.401 e. The van der Waals surface area contributed by atoms with E-state index in [4.69, 9.17) is 4.42 Å². The van der Waals surface area contributed by atoms with Crippen molar-refractivity contribution in [2.24, 2.45) is 0 Å². The maximum absolute atomic E-state index is 12.8. The molecule has 0 aliphatic rings. The van der Waals surface area contributed by atoms with Gasteiger partial charge in [-0.1, -0.05) is 11.2 Å². The zero-order valence-electron chi connectivity index (χ0n) is 12.5. The molecule has 0 fully saturated rings. The Morgan fingerprint density at radius 2 is 2.00 bits per heavy atom. The van der Waals surface area contributed by atoms with Crippen molar-refractivity contribution in [2.45, 2.75) is 11.3 Å². The number of carbonyl (C=O) groups is 1. The summed E-state index contributed by atoms with van der Waals surface area (Å²) in [6, 6.07) is 11.5. The number of pyridine rings is 1. The molecule has 3 aromatic rings. The fourth-order valence-corrected chi connectivity index (χ4v) is 2.69. The molecule has 24 heavy (non-hydrogen) atoms. The molecule has 0 radical (unpaired) electrons. The molecule has 122 valence electrons. The first-order valence-electron chi connectivity index (χ1n) is 7.14. The van der Waals surface area contributed by atoms with E-state index in [2.05, 4.69) is 20.5 Å². The fraction of sp³-hybridized carbons (Fsp3) is 0.125. The molecule has 0 bridgehead atoms. The quantitative estimate of drug-likeness (QED) is 0.690. The van der Waals surface area contributed by atoms with Gasteiger partial charge < -0.3 is 4.42 Å². The molecule has 8 heteroatoms. The zero-order chi connectivity index (χ0) is 16.8.